The van der Waals surface area contributed by atoms with Crippen molar-refractivity contribution in [3.8, 4) is 0 Å². The summed E-state index contributed by atoms with van der Waals surface area (Å²) in [4.78, 5) is 21.5. The van der Waals surface area contributed by atoms with E-state index < -0.39 is 15.7 Å². The van der Waals surface area contributed by atoms with Crippen molar-refractivity contribution >= 4 is 42.4 Å². The summed E-state index contributed by atoms with van der Waals surface area (Å²) in [6, 6.07) is 8.82. The standard InChI is InChI=1S/C23H28FN3O3S2/c1-16-7-8-17(2)22-21(16)25-23(31-22)27(14-13-26(3)4)20(28)6-5-15-32(29,30)19-11-9-18(24)10-12-19/h7-12H,5-6,13-15H2,1-4H3. The van der Waals surface area contributed by atoms with Crippen molar-refractivity contribution in [2.24, 2.45) is 0 Å². The molecule has 0 aliphatic rings. The number of benzene rings is 2. The van der Waals surface area contributed by atoms with Gasteiger partial charge in [-0.1, -0.05) is 23.5 Å². The van der Waals surface area contributed by atoms with Crippen LogP contribution in [0.2, 0.25) is 0 Å². The van der Waals surface area contributed by atoms with E-state index >= 15 is 0 Å². The van der Waals surface area contributed by atoms with Gasteiger partial charge in [0.2, 0.25) is 5.91 Å². The van der Waals surface area contributed by atoms with Gasteiger partial charge in [-0.05, 0) is 69.8 Å². The first kappa shape index (κ1) is 24.3. The molecular formula is C23H28FN3O3S2. The number of hydrogen-bond acceptors (Lipinski definition) is 6. The van der Waals surface area contributed by atoms with E-state index in [9.17, 15) is 17.6 Å². The molecule has 1 aromatic heterocycles. The first-order valence-corrected chi connectivity index (χ1v) is 12.9. The average molecular weight is 478 g/mol. The Hall–Kier alpha value is -2.36. The summed E-state index contributed by atoms with van der Waals surface area (Å²) in [5, 5.41) is 0.630. The highest BCUT2D eigenvalue weighted by Crippen LogP contribution is 2.33. The molecule has 0 saturated heterocycles. The Morgan fingerprint density at radius 3 is 2.31 bits per heavy atom. The number of carbonyl (C=O) groups is 1. The Bertz CT molecular complexity index is 1170. The molecule has 172 valence electrons. The molecule has 0 bridgehead atoms. The third kappa shape index (κ3) is 5.70. The van der Waals surface area contributed by atoms with Gasteiger partial charge in [0.15, 0.2) is 15.0 Å². The molecule has 0 unspecified atom stereocenters. The van der Waals surface area contributed by atoms with Crippen LogP contribution >= 0.6 is 11.3 Å². The van der Waals surface area contributed by atoms with Crippen LogP contribution in [-0.2, 0) is 14.6 Å². The molecule has 0 fully saturated rings. The monoisotopic (exact) mass is 477 g/mol. The lowest BCUT2D eigenvalue weighted by Gasteiger charge is -2.22. The van der Waals surface area contributed by atoms with Gasteiger partial charge >= 0.3 is 0 Å². The van der Waals surface area contributed by atoms with Crippen LogP contribution < -0.4 is 4.90 Å². The van der Waals surface area contributed by atoms with E-state index in [1.807, 2.05) is 45.0 Å². The van der Waals surface area contributed by atoms with Gasteiger partial charge in [0.1, 0.15) is 5.82 Å². The van der Waals surface area contributed by atoms with Crippen LogP contribution in [0.1, 0.15) is 24.0 Å². The molecule has 0 aliphatic heterocycles. The SMILES string of the molecule is Cc1ccc(C)c2sc(N(CCN(C)C)C(=O)CCCS(=O)(=O)c3ccc(F)cc3)nc12. The van der Waals surface area contributed by atoms with E-state index in [0.29, 0.717) is 18.2 Å². The number of rotatable bonds is 9. The second-order valence-electron chi connectivity index (χ2n) is 8.10. The largest absolute Gasteiger partial charge is 0.308 e. The molecule has 2 aromatic carbocycles. The second kappa shape index (κ2) is 10.1. The van der Waals surface area contributed by atoms with Gasteiger partial charge in [-0.25, -0.2) is 17.8 Å². The number of fused-ring (bicyclic) bond motifs is 1. The number of hydrogen-bond donors (Lipinski definition) is 0. The molecule has 9 heteroatoms. The van der Waals surface area contributed by atoms with Crippen molar-refractivity contribution in [3.05, 3.63) is 53.3 Å². The quantitative estimate of drug-likeness (QED) is 0.432. The molecule has 6 nitrogen and oxygen atoms in total. The number of sulfone groups is 1. The molecule has 0 spiro atoms. The molecule has 3 aromatic rings. The summed E-state index contributed by atoms with van der Waals surface area (Å²) in [5.74, 6) is -0.822. The van der Waals surface area contributed by atoms with Crippen molar-refractivity contribution in [1.29, 1.82) is 0 Å². The van der Waals surface area contributed by atoms with Gasteiger partial charge in [0.05, 0.1) is 20.9 Å². The van der Waals surface area contributed by atoms with Crippen LogP contribution in [0.25, 0.3) is 10.2 Å². The normalized spacial score (nSPS) is 11.9. The Labute approximate surface area is 192 Å². The van der Waals surface area contributed by atoms with E-state index in [1.54, 1.807) is 4.90 Å². The maximum atomic E-state index is 13.1. The Morgan fingerprint density at radius 2 is 1.69 bits per heavy atom. The predicted octanol–water partition coefficient (Wildman–Crippen LogP) is 4.20. The number of aromatic nitrogens is 1. The smallest absolute Gasteiger partial charge is 0.228 e. The van der Waals surface area contributed by atoms with Crippen molar-refractivity contribution < 1.29 is 17.6 Å². The number of carbonyl (C=O) groups excluding carboxylic acids is 1. The molecule has 0 atom stereocenters. The summed E-state index contributed by atoms with van der Waals surface area (Å²) in [5.41, 5.74) is 3.06. The van der Waals surface area contributed by atoms with Crippen LogP contribution in [0.3, 0.4) is 0 Å². The Kier molecular flexibility index (Phi) is 7.63. The predicted molar refractivity (Wildman–Crippen MR) is 128 cm³/mol. The highest BCUT2D eigenvalue weighted by Gasteiger charge is 2.22. The first-order chi connectivity index (χ1) is 15.1. The first-order valence-electron chi connectivity index (χ1n) is 10.4. The summed E-state index contributed by atoms with van der Waals surface area (Å²) in [7, 11) is 0.291. The van der Waals surface area contributed by atoms with Crippen LogP contribution in [0.5, 0.6) is 0 Å². The average Bonchev–Trinajstić information content (AvgIpc) is 3.17. The molecule has 0 radical (unpaired) electrons. The number of halogens is 1. The lowest BCUT2D eigenvalue weighted by molar-refractivity contribution is -0.118. The lowest BCUT2D eigenvalue weighted by Crippen LogP contribution is -2.36. The van der Waals surface area contributed by atoms with Crippen LogP contribution in [0.4, 0.5) is 9.52 Å². The molecule has 1 heterocycles. The molecule has 0 N–H and O–H groups in total. The summed E-state index contributed by atoms with van der Waals surface area (Å²) >= 11 is 1.49. The van der Waals surface area contributed by atoms with Crippen LogP contribution in [0.15, 0.2) is 41.3 Å². The zero-order chi connectivity index (χ0) is 23.5. The number of amides is 1. The van der Waals surface area contributed by atoms with E-state index in [1.165, 1.54) is 23.5 Å². The maximum Gasteiger partial charge on any atom is 0.228 e. The zero-order valence-electron chi connectivity index (χ0n) is 18.8. The third-order valence-corrected chi connectivity index (χ3v) is 8.24. The number of anilines is 1. The number of nitrogens with zero attached hydrogens (tertiary/aromatic N) is 3. The maximum absolute atomic E-state index is 13.1. The topological polar surface area (TPSA) is 70.6 Å². The number of thiazole rings is 1. The van der Waals surface area contributed by atoms with Crippen molar-refractivity contribution in [1.82, 2.24) is 9.88 Å². The zero-order valence-corrected chi connectivity index (χ0v) is 20.4. The fourth-order valence-corrected chi connectivity index (χ4v) is 5.76. The summed E-state index contributed by atoms with van der Waals surface area (Å²) in [6.07, 6.45) is 0.266. The van der Waals surface area contributed by atoms with E-state index in [-0.39, 0.29) is 29.4 Å². The third-order valence-electron chi connectivity index (χ3n) is 5.21. The van der Waals surface area contributed by atoms with Gasteiger partial charge in [0.25, 0.3) is 0 Å². The van der Waals surface area contributed by atoms with E-state index in [0.717, 1.165) is 33.5 Å². The van der Waals surface area contributed by atoms with Gasteiger partial charge in [-0.2, -0.15) is 0 Å². The van der Waals surface area contributed by atoms with Crippen molar-refractivity contribution in [2.75, 3.05) is 37.8 Å². The molecule has 32 heavy (non-hydrogen) atoms. The molecule has 0 aliphatic carbocycles. The fourth-order valence-electron chi connectivity index (χ4n) is 3.30. The summed E-state index contributed by atoms with van der Waals surface area (Å²) < 4.78 is 39.2. The van der Waals surface area contributed by atoms with Crippen molar-refractivity contribution in [2.45, 2.75) is 31.6 Å². The van der Waals surface area contributed by atoms with Gasteiger partial charge in [0, 0.05) is 19.5 Å². The minimum Gasteiger partial charge on any atom is -0.308 e. The highest BCUT2D eigenvalue weighted by atomic mass is 32.2. The lowest BCUT2D eigenvalue weighted by atomic mass is 10.1. The molecule has 3 rings (SSSR count). The fraction of sp³-hybridized carbons (Fsp3) is 0.391. The number of aryl methyl sites for hydroxylation is 2. The van der Waals surface area contributed by atoms with Gasteiger partial charge < -0.3 is 4.90 Å². The van der Waals surface area contributed by atoms with Crippen LogP contribution in [-0.4, -0.2) is 57.1 Å². The van der Waals surface area contributed by atoms with Gasteiger partial charge in [-0.15, -0.1) is 0 Å². The minimum absolute atomic E-state index is 0.0629. The van der Waals surface area contributed by atoms with Crippen LogP contribution in [0, 0.1) is 19.7 Å². The highest BCUT2D eigenvalue weighted by molar-refractivity contribution is 7.91. The van der Waals surface area contributed by atoms with Gasteiger partial charge in [-0.3, -0.25) is 9.69 Å². The van der Waals surface area contributed by atoms with Crippen molar-refractivity contribution in [3.63, 3.8) is 0 Å². The Balaban J connectivity index is 1.76. The molecular weight excluding hydrogens is 449 g/mol. The number of likely N-dealkylation sites (N-methyl/N-ethyl adjacent to an activating group) is 1. The van der Waals surface area contributed by atoms with E-state index in [4.69, 9.17) is 4.98 Å². The molecule has 0 saturated carbocycles. The van der Waals surface area contributed by atoms with E-state index in [2.05, 4.69) is 0 Å². The minimum atomic E-state index is -3.58. The summed E-state index contributed by atoms with van der Waals surface area (Å²) in [6.45, 7) is 5.15. The molecule has 1 amide bonds. The second-order valence-corrected chi connectivity index (χ2v) is 11.2. The Morgan fingerprint density at radius 1 is 1.03 bits per heavy atom.